The quantitative estimate of drug-likeness (QED) is 0.668. The molecule has 2 heterocycles. The van der Waals surface area contributed by atoms with E-state index in [1.165, 1.54) is 11.6 Å². The third-order valence-corrected chi connectivity index (χ3v) is 5.30. The topological polar surface area (TPSA) is 112 Å². The fourth-order valence-corrected chi connectivity index (χ4v) is 3.52. The van der Waals surface area contributed by atoms with Crippen molar-refractivity contribution in [2.24, 2.45) is 20.0 Å². The smallest absolute Gasteiger partial charge is 0.332 e. The number of ether oxygens (including phenoxy) is 1. The van der Waals surface area contributed by atoms with Crippen molar-refractivity contribution in [3.05, 3.63) is 37.7 Å². The van der Waals surface area contributed by atoms with E-state index < -0.39 is 23.3 Å². The van der Waals surface area contributed by atoms with Crippen molar-refractivity contribution >= 4 is 22.9 Å². The maximum Gasteiger partial charge on any atom is 0.332 e. The van der Waals surface area contributed by atoms with Crippen LogP contribution < -0.4 is 16.6 Å². The van der Waals surface area contributed by atoms with Gasteiger partial charge in [0, 0.05) is 26.2 Å². The first-order chi connectivity index (χ1) is 14.0. The molecular formula is C21H30N4O5. The number of amides is 1. The molecule has 0 fully saturated rings. The van der Waals surface area contributed by atoms with Gasteiger partial charge in [-0.15, -0.1) is 0 Å². The van der Waals surface area contributed by atoms with Crippen LogP contribution in [0.3, 0.4) is 0 Å². The summed E-state index contributed by atoms with van der Waals surface area (Å²) in [5, 5.41) is 3.11. The largest absolute Gasteiger partial charge is 0.464 e. The molecule has 0 spiro atoms. The van der Waals surface area contributed by atoms with E-state index in [9.17, 15) is 19.2 Å². The Morgan fingerprint density at radius 3 is 2.33 bits per heavy atom. The Balaban J connectivity index is 2.32. The van der Waals surface area contributed by atoms with Gasteiger partial charge in [-0.2, -0.15) is 0 Å². The Hall–Kier alpha value is -2.97. The summed E-state index contributed by atoms with van der Waals surface area (Å²) in [7, 11) is 3.00. The van der Waals surface area contributed by atoms with Gasteiger partial charge in [0.2, 0.25) is 5.91 Å². The number of nitrogens with zero attached hydrogens (tertiary/aromatic N) is 3. The minimum atomic E-state index is -0.712. The first kappa shape index (κ1) is 23.3. The predicted molar refractivity (Wildman–Crippen MR) is 113 cm³/mol. The van der Waals surface area contributed by atoms with Gasteiger partial charge in [0.15, 0.2) is 0 Å². The van der Waals surface area contributed by atoms with E-state index in [-0.39, 0.29) is 24.9 Å². The lowest BCUT2D eigenvalue weighted by Crippen LogP contribution is -2.45. The first-order valence-corrected chi connectivity index (χ1v) is 10.0. The molecule has 0 aliphatic rings. The summed E-state index contributed by atoms with van der Waals surface area (Å²) in [4.78, 5) is 53.9. The van der Waals surface area contributed by atoms with E-state index >= 15 is 0 Å². The summed E-state index contributed by atoms with van der Waals surface area (Å²) in [6.07, 6.45) is 0.482. The van der Waals surface area contributed by atoms with Gasteiger partial charge >= 0.3 is 11.7 Å². The number of pyridine rings is 1. The van der Waals surface area contributed by atoms with E-state index in [1.807, 2.05) is 13.8 Å². The zero-order chi connectivity index (χ0) is 22.7. The molecule has 0 bridgehead atoms. The molecule has 1 atom stereocenters. The Morgan fingerprint density at radius 2 is 1.77 bits per heavy atom. The molecular weight excluding hydrogens is 388 g/mol. The molecule has 1 amide bonds. The highest BCUT2D eigenvalue weighted by Gasteiger charge is 2.25. The van der Waals surface area contributed by atoms with E-state index in [2.05, 4.69) is 10.3 Å². The highest BCUT2D eigenvalue weighted by molar-refractivity contribution is 5.85. The lowest BCUT2D eigenvalue weighted by Gasteiger charge is -2.21. The second-order valence-electron chi connectivity index (χ2n) is 7.75. The molecule has 0 aliphatic heterocycles. The standard InChI is InChI=1S/C21H30N4O5/c1-8-30-20(28)17(11(2)3)23-15(26)10-9-14-12(4)16-18(22-13(14)5)24(6)21(29)25(7)19(16)27/h11,17H,8-10H2,1-7H3,(H,23,26)/t17-/m0/s1. The van der Waals surface area contributed by atoms with Crippen LogP contribution in [0.2, 0.25) is 0 Å². The molecule has 0 aliphatic carbocycles. The van der Waals surface area contributed by atoms with Crippen molar-refractivity contribution in [1.82, 2.24) is 19.4 Å². The maximum atomic E-state index is 12.7. The second-order valence-corrected chi connectivity index (χ2v) is 7.75. The number of rotatable bonds is 7. The van der Waals surface area contributed by atoms with Gasteiger partial charge in [0.1, 0.15) is 11.7 Å². The summed E-state index contributed by atoms with van der Waals surface area (Å²) < 4.78 is 7.43. The minimum Gasteiger partial charge on any atom is -0.464 e. The zero-order valence-corrected chi connectivity index (χ0v) is 18.7. The number of nitrogens with one attached hydrogen (secondary N) is 1. The van der Waals surface area contributed by atoms with Crippen molar-refractivity contribution in [3.8, 4) is 0 Å². The number of fused-ring (bicyclic) bond motifs is 1. The lowest BCUT2D eigenvalue weighted by atomic mass is 9.99. The number of aromatic nitrogens is 3. The summed E-state index contributed by atoms with van der Waals surface area (Å²) in [5.41, 5.74) is 1.61. The number of hydrogen-bond donors (Lipinski definition) is 1. The van der Waals surface area contributed by atoms with Crippen LogP contribution in [0.15, 0.2) is 9.59 Å². The van der Waals surface area contributed by atoms with Gasteiger partial charge in [-0.25, -0.2) is 14.6 Å². The van der Waals surface area contributed by atoms with Crippen molar-refractivity contribution in [3.63, 3.8) is 0 Å². The van der Waals surface area contributed by atoms with E-state index in [0.717, 1.165) is 10.1 Å². The molecule has 2 aromatic rings. The van der Waals surface area contributed by atoms with E-state index in [0.29, 0.717) is 28.7 Å². The van der Waals surface area contributed by atoms with Gasteiger partial charge in [-0.1, -0.05) is 13.8 Å². The van der Waals surface area contributed by atoms with Crippen LogP contribution in [0.25, 0.3) is 11.0 Å². The number of carbonyl (C=O) groups is 2. The third-order valence-electron chi connectivity index (χ3n) is 5.30. The molecule has 0 saturated carbocycles. The van der Waals surface area contributed by atoms with Gasteiger partial charge < -0.3 is 10.1 Å². The van der Waals surface area contributed by atoms with Crippen LogP contribution in [0.4, 0.5) is 0 Å². The highest BCUT2D eigenvalue weighted by atomic mass is 16.5. The fourth-order valence-electron chi connectivity index (χ4n) is 3.52. The molecule has 2 aromatic heterocycles. The predicted octanol–water partition coefficient (Wildman–Crippen LogP) is 0.886. The third kappa shape index (κ3) is 4.44. The van der Waals surface area contributed by atoms with Gasteiger partial charge in [-0.3, -0.25) is 18.7 Å². The molecule has 2 rings (SSSR count). The van der Waals surface area contributed by atoms with Crippen LogP contribution in [-0.4, -0.2) is 38.6 Å². The van der Waals surface area contributed by atoms with Crippen LogP contribution in [0.1, 0.15) is 44.0 Å². The van der Waals surface area contributed by atoms with E-state index in [1.54, 1.807) is 27.8 Å². The fraction of sp³-hybridized carbons (Fsp3) is 0.571. The van der Waals surface area contributed by atoms with Crippen molar-refractivity contribution < 1.29 is 14.3 Å². The normalized spacial score (nSPS) is 12.3. The molecule has 9 heteroatoms. The monoisotopic (exact) mass is 418 g/mol. The number of carbonyl (C=O) groups excluding carboxylic acids is 2. The summed E-state index contributed by atoms with van der Waals surface area (Å²) >= 11 is 0. The molecule has 30 heavy (non-hydrogen) atoms. The van der Waals surface area contributed by atoms with Crippen LogP contribution in [-0.2, 0) is 34.8 Å². The van der Waals surface area contributed by atoms with Crippen LogP contribution in [0, 0.1) is 19.8 Å². The first-order valence-electron chi connectivity index (χ1n) is 10.0. The molecule has 0 saturated heterocycles. The SMILES string of the molecule is CCOC(=O)[C@@H](NC(=O)CCc1c(C)nc2c(c1C)c(=O)n(C)c(=O)n2C)C(C)C. The molecule has 1 N–H and O–H groups in total. The highest BCUT2D eigenvalue weighted by Crippen LogP contribution is 2.20. The molecule has 164 valence electrons. The van der Waals surface area contributed by atoms with Crippen LogP contribution >= 0.6 is 0 Å². The number of hydrogen-bond acceptors (Lipinski definition) is 6. The van der Waals surface area contributed by atoms with Crippen LogP contribution in [0.5, 0.6) is 0 Å². The van der Waals surface area contributed by atoms with Gasteiger partial charge in [0.05, 0.1) is 12.0 Å². The Morgan fingerprint density at radius 1 is 1.13 bits per heavy atom. The van der Waals surface area contributed by atoms with Crippen molar-refractivity contribution in [2.75, 3.05) is 6.61 Å². The van der Waals surface area contributed by atoms with Crippen molar-refractivity contribution in [2.45, 2.75) is 53.5 Å². The molecule has 0 aromatic carbocycles. The summed E-state index contributed by atoms with van der Waals surface area (Å²) in [5.74, 6) is -0.845. The number of aryl methyl sites for hydroxylation is 3. The number of esters is 1. The molecule has 9 nitrogen and oxygen atoms in total. The van der Waals surface area contributed by atoms with Crippen molar-refractivity contribution in [1.29, 1.82) is 0 Å². The summed E-state index contributed by atoms with van der Waals surface area (Å²) in [6, 6.07) is -0.712. The van der Waals surface area contributed by atoms with Gasteiger partial charge in [0.25, 0.3) is 5.56 Å². The minimum absolute atomic E-state index is 0.108. The van der Waals surface area contributed by atoms with E-state index in [4.69, 9.17) is 4.74 Å². The lowest BCUT2D eigenvalue weighted by molar-refractivity contribution is -0.148. The molecule has 0 radical (unpaired) electrons. The van der Waals surface area contributed by atoms with Gasteiger partial charge in [-0.05, 0) is 44.2 Å². The average molecular weight is 418 g/mol. The maximum absolute atomic E-state index is 12.7. The second kappa shape index (κ2) is 9.23. The molecule has 0 unspecified atom stereocenters. The zero-order valence-electron chi connectivity index (χ0n) is 18.7. The summed E-state index contributed by atoms with van der Waals surface area (Å²) in [6.45, 7) is 9.22. The average Bonchev–Trinajstić information content (AvgIpc) is 2.68. The Kier molecular flexibility index (Phi) is 7.17. The Bertz CT molecular complexity index is 1100. The Labute approximate surface area is 175 Å².